The average Bonchev–Trinajstić information content (AvgIpc) is 2.60. The number of carbonyl (C=O) groups excluding carboxylic acids is 1. The first-order valence-corrected chi connectivity index (χ1v) is 8.57. The third-order valence-corrected chi connectivity index (χ3v) is 3.95. The van der Waals surface area contributed by atoms with Crippen molar-refractivity contribution in [3.63, 3.8) is 0 Å². The Bertz CT molecular complexity index is 692. The van der Waals surface area contributed by atoms with Gasteiger partial charge in [0.2, 0.25) is 0 Å². The highest BCUT2D eigenvalue weighted by Gasteiger charge is 2.14. The van der Waals surface area contributed by atoms with Gasteiger partial charge in [0.1, 0.15) is 5.75 Å². The summed E-state index contributed by atoms with van der Waals surface area (Å²) in [5, 5.41) is 8.36. The Morgan fingerprint density at radius 1 is 1.04 bits per heavy atom. The summed E-state index contributed by atoms with van der Waals surface area (Å²) in [6.07, 6.45) is 5.20. The molecule has 1 N–H and O–H groups in total. The number of hydrogen-bond donors (Lipinski definition) is 1. The van der Waals surface area contributed by atoms with Gasteiger partial charge in [0.25, 0.3) is 0 Å². The van der Waals surface area contributed by atoms with Crippen molar-refractivity contribution in [1.82, 2.24) is 0 Å². The minimum atomic E-state index is -0.389. The molecule has 0 aliphatic carbocycles. The number of carbonyl (C=O) groups is 1. The number of unbranched alkanes of at least 4 members (excludes halogenated alkanes) is 3. The second-order valence-electron chi connectivity index (χ2n) is 6.04. The lowest BCUT2D eigenvalue weighted by Crippen LogP contribution is -2.12. The smallest absolute Gasteiger partial charge is 0.343 e. The van der Waals surface area contributed by atoms with E-state index in [1.54, 1.807) is 18.2 Å². The van der Waals surface area contributed by atoms with Crippen molar-refractivity contribution in [2.24, 2.45) is 0 Å². The van der Waals surface area contributed by atoms with E-state index in [0.717, 1.165) is 24.0 Å². The summed E-state index contributed by atoms with van der Waals surface area (Å²) in [6.45, 7) is 4.16. The first kappa shape index (κ1) is 17.9. The molecule has 0 bridgehead atoms. The second kappa shape index (κ2) is 9.02. The molecule has 0 heterocycles. The van der Waals surface area contributed by atoms with Crippen LogP contribution < -0.4 is 4.74 Å². The van der Waals surface area contributed by atoms with Crippen molar-refractivity contribution in [2.45, 2.75) is 46.0 Å². The molecule has 0 amide bonds. The highest BCUT2D eigenvalue weighted by atomic mass is 16.5. The van der Waals surface area contributed by atoms with Gasteiger partial charge in [-0.2, -0.15) is 0 Å². The largest absolute Gasteiger partial charge is 0.422 e. The molecule has 0 fully saturated rings. The van der Waals surface area contributed by atoms with E-state index < -0.39 is 0 Å². The van der Waals surface area contributed by atoms with Gasteiger partial charge in [-0.25, -0.2) is 4.79 Å². The van der Waals surface area contributed by atoms with Crippen LogP contribution in [0.4, 0.5) is 0 Å². The maximum absolute atomic E-state index is 12.3. The van der Waals surface area contributed by atoms with E-state index in [1.807, 2.05) is 37.3 Å². The quantitative estimate of drug-likeness (QED) is 0.299. The molecule has 0 radical (unpaired) electrons. The SMILES string of the molecule is CCCCCCC(=N)c1cc(C)ccc1OC(=O)c1ccccc1. The van der Waals surface area contributed by atoms with Gasteiger partial charge < -0.3 is 10.1 Å². The summed E-state index contributed by atoms with van der Waals surface area (Å²) in [5.41, 5.74) is 2.82. The second-order valence-corrected chi connectivity index (χ2v) is 6.04. The molecule has 0 unspecified atom stereocenters. The van der Waals surface area contributed by atoms with Crippen LogP contribution >= 0.6 is 0 Å². The van der Waals surface area contributed by atoms with Crippen LogP contribution in [0.2, 0.25) is 0 Å². The monoisotopic (exact) mass is 323 g/mol. The van der Waals surface area contributed by atoms with Crippen LogP contribution in [0.25, 0.3) is 0 Å². The summed E-state index contributed by atoms with van der Waals surface area (Å²) in [6, 6.07) is 14.5. The number of benzene rings is 2. The molecule has 0 aliphatic heterocycles. The average molecular weight is 323 g/mol. The van der Waals surface area contributed by atoms with E-state index in [2.05, 4.69) is 6.92 Å². The van der Waals surface area contributed by atoms with Gasteiger partial charge in [-0.3, -0.25) is 0 Å². The third-order valence-electron chi connectivity index (χ3n) is 3.95. The number of esters is 1. The molecule has 0 saturated carbocycles. The van der Waals surface area contributed by atoms with Crippen molar-refractivity contribution < 1.29 is 9.53 Å². The maximum Gasteiger partial charge on any atom is 0.343 e. The first-order valence-electron chi connectivity index (χ1n) is 8.57. The topological polar surface area (TPSA) is 50.1 Å². The fourth-order valence-corrected chi connectivity index (χ4v) is 2.56. The summed E-state index contributed by atoms with van der Waals surface area (Å²) in [7, 11) is 0. The first-order chi connectivity index (χ1) is 11.6. The molecule has 3 nitrogen and oxygen atoms in total. The predicted molar refractivity (Wildman–Crippen MR) is 98.2 cm³/mol. The van der Waals surface area contributed by atoms with Crippen LogP contribution in [-0.4, -0.2) is 11.7 Å². The minimum absolute atomic E-state index is 0.389. The molecular formula is C21H25NO2. The maximum atomic E-state index is 12.3. The van der Waals surface area contributed by atoms with Crippen LogP contribution in [0.15, 0.2) is 48.5 Å². The molecule has 0 atom stereocenters. The summed E-state index contributed by atoms with van der Waals surface area (Å²) in [5.74, 6) is 0.0782. The molecule has 2 aromatic rings. The molecule has 24 heavy (non-hydrogen) atoms. The molecular weight excluding hydrogens is 298 g/mol. The van der Waals surface area contributed by atoms with Crippen molar-refractivity contribution in [3.8, 4) is 5.75 Å². The Morgan fingerprint density at radius 3 is 2.50 bits per heavy atom. The van der Waals surface area contributed by atoms with Crippen molar-refractivity contribution in [1.29, 1.82) is 5.41 Å². The number of aryl methyl sites for hydroxylation is 1. The minimum Gasteiger partial charge on any atom is -0.422 e. The number of nitrogens with one attached hydrogen (secondary N) is 1. The van der Waals surface area contributed by atoms with E-state index in [4.69, 9.17) is 10.1 Å². The van der Waals surface area contributed by atoms with E-state index in [0.29, 0.717) is 23.4 Å². The van der Waals surface area contributed by atoms with Crippen LogP contribution in [-0.2, 0) is 0 Å². The zero-order chi connectivity index (χ0) is 17.4. The summed E-state index contributed by atoms with van der Waals surface area (Å²) in [4.78, 5) is 12.3. The molecule has 0 spiro atoms. The Hall–Kier alpha value is -2.42. The molecule has 2 aromatic carbocycles. The summed E-state index contributed by atoms with van der Waals surface area (Å²) >= 11 is 0. The van der Waals surface area contributed by atoms with Crippen LogP contribution in [0.1, 0.15) is 60.5 Å². The fourth-order valence-electron chi connectivity index (χ4n) is 2.56. The van der Waals surface area contributed by atoms with Crippen LogP contribution in [0.5, 0.6) is 5.75 Å². The Balaban J connectivity index is 2.12. The van der Waals surface area contributed by atoms with E-state index in [1.165, 1.54) is 12.8 Å². The zero-order valence-corrected chi connectivity index (χ0v) is 14.5. The standard InChI is InChI=1S/C21H25NO2/c1-3-4-5-9-12-19(22)18-15-16(2)13-14-20(18)24-21(23)17-10-7-6-8-11-17/h6-8,10-11,13-15,22H,3-5,9,12H2,1-2H3. The molecule has 0 aromatic heterocycles. The Labute approximate surface area is 144 Å². The van der Waals surface area contributed by atoms with Gasteiger partial charge in [0.15, 0.2) is 0 Å². The van der Waals surface area contributed by atoms with Gasteiger partial charge in [-0.15, -0.1) is 0 Å². The lowest BCUT2D eigenvalue weighted by Gasteiger charge is -2.12. The summed E-state index contributed by atoms with van der Waals surface area (Å²) < 4.78 is 5.56. The predicted octanol–water partition coefficient (Wildman–Crippen LogP) is 5.55. The van der Waals surface area contributed by atoms with Gasteiger partial charge >= 0.3 is 5.97 Å². The van der Waals surface area contributed by atoms with E-state index >= 15 is 0 Å². The van der Waals surface area contributed by atoms with Crippen LogP contribution in [0, 0.1) is 12.3 Å². The zero-order valence-electron chi connectivity index (χ0n) is 14.5. The van der Waals surface area contributed by atoms with Gasteiger partial charge in [0, 0.05) is 11.3 Å². The highest BCUT2D eigenvalue weighted by molar-refractivity contribution is 6.02. The Morgan fingerprint density at radius 2 is 1.79 bits per heavy atom. The van der Waals surface area contributed by atoms with Gasteiger partial charge in [0.05, 0.1) is 5.56 Å². The van der Waals surface area contributed by atoms with Crippen LogP contribution in [0.3, 0.4) is 0 Å². The van der Waals surface area contributed by atoms with Gasteiger partial charge in [-0.1, -0.05) is 56.0 Å². The van der Waals surface area contributed by atoms with Crippen molar-refractivity contribution in [3.05, 3.63) is 65.2 Å². The number of rotatable bonds is 8. The highest BCUT2D eigenvalue weighted by Crippen LogP contribution is 2.24. The number of hydrogen-bond acceptors (Lipinski definition) is 3. The van der Waals surface area contributed by atoms with Crippen molar-refractivity contribution in [2.75, 3.05) is 0 Å². The Kier molecular flexibility index (Phi) is 6.74. The lowest BCUT2D eigenvalue weighted by molar-refractivity contribution is 0.0734. The molecule has 0 saturated heterocycles. The van der Waals surface area contributed by atoms with Crippen molar-refractivity contribution >= 4 is 11.7 Å². The van der Waals surface area contributed by atoms with Gasteiger partial charge in [-0.05, 0) is 44.0 Å². The normalized spacial score (nSPS) is 10.4. The molecule has 2 rings (SSSR count). The lowest BCUT2D eigenvalue weighted by atomic mass is 10.0. The number of ether oxygens (including phenoxy) is 1. The van der Waals surface area contributed by atoms with E-state index in [-0.39, 0.29) is 5.97 Å². The molecule has 126 valence electrons. The molecule has 3 heteroatoms. The van der Waals surface area contributed by atoms with E-state index in [9.17, 15) is 4.79 Å². The molecule has 0 aliphatic rings. The third kappa shape index (κ3) is 5.05. The fraction of sp³-hybridized carbons (Fsp3) is 0.333.